The lowest BCUT2D eigenvalue weighted by atomic mass is 9.84. The van der Waals surface area contributed by atoms with E-state index in [0.29, 0.717) is 28.8 Å². The number of hydrogen-bond donors (Lipinski definition) is 1. The molecule has 0 bridgehead atoms. The van der Waals surface area contributed by atoms with Crippen LogP contribution in [0, 0.1) is 5.92 Å². The van der Waals surface area contributed by atoms with Crippen LogP contribution in [0.5, 0.6) is 0 Å². The summed E-state index contributed by atoms with van der Waals surface area (Å²) < 4.78 is 5.53. The first kappa shape index (κ1) is 18.5. The summed E-state index contributed by atoms with van der Waals surface area (Å²) in [5.74, 6) is -0.508. The topological polar surface area (TPSA) is 55.4 Å². The Morgan fingerprint density at radius 1 is 1.33 bits per heavy atom. The summed E-state index contributed by atoms with van der Waals surface area (Å²) in [6.45, 7) is 6.29. The van der Waals surface area contributed by atoms with Crippen LogP contribution in [-0.2, 0) is 14.3 Å². The number of carbonyl (C=O) groups is 2. The molecule has 0 aliphatic carbocycles. The lowest BCUT2D eigenvalue weighted by molar-refractivity contribution is -0.141. The number of allylic oxidation sites excluding steroid dienone is 1. The second-order valence-electron chi connectivity index (χ2n) is 6.15. The number of ether oxygens (including phenoxy) is 1. The minimum Gasteiger partial charge on any atom is -0.462 e. The predicted octanol–water partition coefficient (Wildman–Crippen LogP) is 4.20. The number of benzene rings is 1. The van der Waals surface area contributed by atoms with Gasteiger partial charge < -0.3 is 10.1 Å². The van der Waals surface area contributed by atoms with Crippen molar-refractivity contribution in [1.29, 1.82) is 0 Å². The highest BCUT2D eigenvalue weighted by molar-refractivity contribution is 6.31. The Morgan fingerprint density at radius 3 is 2.62 bits per heavy atom. The Kier molecular flexibility index (Phi) is 6.44. The van der Waals surface area contributed by atoms with Gasteiger partial charge in [0.1, 0.15) is 0 Å². The van der Waals surface area contributed by atoms with E-state index in [1.807, 2.05) is 18.2 Å². The molecular formula is C19H24ClNO3. The van der Waals surface area contributed by atoms with Crippen LogP contribution in [0.15, 0.2) is 35.5 Å². The van der Waals surface area contributed by atoms with Crippen molar-refractivity contribution in [2.45, 2.75) is 46.0 Å². The van der Waals surface area contributed by atoms with Crippen molar-refractivity contribution in [3.8, 4) is 0 Å². The predicted molar refractivity (Wildman–Crippen MR) is 94.7 cm³/mol. The quantitative estimate of drug-likeness (QED) is 0.783. The van der Waals surface area contributed by atoms with Crippen LogP contribution < -0.4 is 5.32 Å². The van der Waals surface area contributed by atoms with Crippen LogP contribution in [0.2, 0.25) is 5.02 Å². The first-order chi connectivity index (χ1) is 11.5. The number of hydrogen-bond acceptors (Lipinski definition) is 3. The fraction of sp³-hybridized carbons (Fsp3) is 0.474. The van der Waals surface area contributed by atoms with Crippen molar-refractivity contribution in [2.24, 2.45) is 5.92 Å². The molecule has 5 heteroatoms. The molecule has 130 valence electrons. The molecule has 0 radical (unpaired) electrons. The highest BCUT2D eigenvalue weighted by atomic mass is 35.5. The molecule has 0 aromatic heterocycles. The van der Waals surface area contributed by atoms with Gasteiger partial charge in [0, 0.05) is 23.1 Å². The molecule has 0 saturated carbocycles. The monoisotopic (exact) mass is 349 g/mol. The van der Waals surface area contributed by atoms with E-state index in [-0.39, 0.29) is 24.2 Å². The number of halogens is 1. The van der Waals surface area contributed by atoms with E-state index < -0.39 is 0 Å². The van der Waals surface area contributed by atoms with Gasteiger partial charge in [-0.15, -0.1) is 0 Å². The average Bonchev–Trinajstić information content (AvgIpc) is 2.55. The molecule has 2 rings (SSSR count). The normalized spacial score (nSPS) is 17.9. The average molecular weight is 350 g/mol. The van der Waals surface area contributed by atoms with Crippen molar-refractivity contribution in [3.05, 3.63) is 46.1 Å². The van der Waals surface area contributed by atoms with Gasteiger partial charge in [-0.2, -0.15) is 0 Å². The Morgan fingerprint density at radius 2 is 2.00 bits per heavy atom. The second-order valence-corrected chi connectivity index (χ2v) is 6.55. The SMILES string of the molecule is CCC(CC)COC(=O)C1=C(C)NC(=O)C[C@H]1c1ccccc1Cl. The maximum Gasteiger partial charge on any atom is 0.336 e. The van der Waals surface area contributed by atoms with E-state index in [1.54, 1.807) is 13.0 Å². The Labute approximate surface area is 148 Å². The lowest BCUT2D eigenvalue weighted by Gasteiger charge is -2.27. The molecule has 1 N–H and O–H groups in total. The number of amides is 1. The largest absolute Gasteiger partial charge is 0.462 e. The number of nitrogens with one attached hydrogen (secondary N) is 1. The van der Waals surface area contributed by atoms with Crippen molar-refractivity contribution in [1.82, 2.24) is 5.32 Å². The van der Waals surface area contributed by atoms with Crippen LogP contribution >= 0.6 is 11.6 Å². The summed E-state index contributed by atoms with van der Waals surface area (Å²) in [6.07, 6.45) is 2.12. The maximum absolute atomic E-state index is 12.7. The van der Waals surface area contributed by atoms with Crippen molar-refractivity contribution < 1.29 is 14.3 Å². The molecule has 1 aliphatic rings. The van der Waals surface area contributed by atoms with Crippen LogP contribution in [0.25, 0.3) is 0 Å². The summed E-state index contributed by atoms with van der Waals surface area (Å²) in [7, 11) is 0. The van der Waals surface area contributed by atoms with Crippen molar-refractivity contribution in [3.63, 3.8) is 0 Å². The standard InChI is InChI=1S/C19H24ClNO3/c1-4-13(5-2)11-24-19(23)18-12(3)21-17(22)10-15(18)14-8-6-7-9-16(14)20/h6-9,13,15H,4-5,10-11H2,1-3H3,(H,21,22)/t15-/m0/s1. The van der Waals surface area contributed by atoms with Gasteiger partial charge in [-0.25, -0.2) is 4.79 Å². The van der Waals surface area contributed by atoms with E-state index in [1.165, 1.54) is 0 Å². The van der Waals surface area contributed by atoms with E-state index in [9.17, 15) is 9.59 Å². The van der Waals surface area contributed by atoms with Crippen molar-refractivity contribution >= 4 is 23.5 Å². The minimum absolute atomic E-state index is 0.117. The maximum atomic E-state index is 12.7. The molecule has 1 aromatic carbocycles. The molecule has 0 unspecified atom stereocenters. The van der Waals surface area contributed by atoms with Gasteiger partial charge >= 0.3 is 5.97 Å². The number of esters is 1. The molecule has 24 heavy (non-hydrogen) atoms. The van der Waals surface area contributed by atoms with Gasteiger partial charge in [0.05, 0.1) is 12.2 Å². The smallest absolute Gasteiger partial charge is 0.336 e. The molecule has 1 atom stereocenters. The molecule has 1 amide bonds. The third-order valence-electron chi connectivity index (χ3n) is 4.57. The van der Waals surface area contributed by atoms with Crippen LogP contribution in [0.3, 0.4) is 0 Å². The van der Waals surface area contributed by atoms with E-state index >= 15 is 0 Å². The first-order valence-electron chi connectivity index (χ1n) is 8.40. The lowest BCUT2D eigenvalue weighted by Crippen LogP contribution is -2.34. The summed E-state index contributed by atoms with van der Waals surface area (Å²) in [4.78, 5) is 24.6. The second kappa shape index (κ2) is 8.34. The fourth-order valence-corrected chi connectivity index (χ4v) is 3.26. The molecule has 0 saturated heterocycles. The third-order valence-corrected chi connectivity index (χ3v) is 4.92. The molecule has 4 nitrogen and oxygen atoms in total. The van der Waals surface area contributed by atoms with E-state index in [2.05, 4.69) is 19.2 Å². The molecule has 0 spiro atoms. The Balaban J connectivity index is 2.29. The summed E-state index contributed by atoms with van der Waals surface area (Å²) in [5, 5.41) is 3.29. The summed E-state index contributed by atoms with van der Waals surface area (Å²) >= 11 is 6.29. The van der Waals surface area contributed by atoms with E-state index in [0.717, 1.165) is 18.4 Å². The van der Waals surface area contributed by atoms with Gasteiger partial charge in [-0.05, 0) is 24.5 Å². The van der Waals surface area contributed by atoms with Crippen LogP contribution in [0.4, 0.5) is 0 Å². The Bertz CT molecular complexity index is 650. The van der Waals surface area contributed by atoms with Crippen LogP contribution in [-0.4, -0.2) is 18.5 Å². The third kappa shape index (κ3) is 4.18. The molecule has 0 fully saturated rings. The molecule has 1 heterocycles. The van der Waals surface area contributed by atoms with Crippen LogP contribution in [0.1, 0.15) is 51.5 Å². The highest BCUT2D eigenvalue weighted by Gasteiger charge is 2.33. The minimum atomic E-state index is -0.373. The molecule has 1 aliphatic heterocycles. The highest BCUT2D eigenvalue weighted by Crippen LogP contribution is 2.37. The van der Waals surface area contributed by atoms with Gasteiger partial charge in [0.25, 0.3) is 0 Å². The van der Waals surface area contributed by atoms with Gasteiger partial charge in [0.15, 0.2) is 0 Å². The molecule has 1 aromatic rings. The zero-order valence-electron chi connectivity index (χ0n) is 14.4. The zero-order chi connectivity index (χ0) is 17.7. The van der Waals surface area contributed by atoms with Gasteiger partial charge in [0.2, 0.25) is 5.91 Å². The summed E-state index contributed by atoms with van der Waals surface area (Å²) in [5.41, 5.74) is 1.82. The van der Waals surface area contributed by atoms with Gasteiger partial charge in [-0.3, -0.25) is 4.79 Å². The van der Waals surface area contributed by atoms with Gasteiger partial charge in [-0.1, -0.05) is 56.5 Å². The number of carbonyl (C=O) groups excluding carboxylic acids is 2. The first-order valence-corrected chi connectivity index (χ1v) is 8.77. The Hall–Kier alpha value is -1.81. The van der Waals surface area contributed by atoms with Crippen molar-refractivity contribution in [2.75, 3.05) is 6.61 Å². The zero-order valence-corrected chi connectivity index (χ0v) is 15.2. The summed E-state index contributed by atoms with van der Waals surface area (Å²) in [6, 6.07) is 7.31. The fourth-order valence-electron chi connectivity index (χ4n) is 2.99. The van der Waals surface area contributed by atoms with E-state index in [4.69, 9.17) is 16.3 Å². The number of rotatable bonds is 6. The molecular weight excluding hydrogens is 326 g/mol.